The molecule has 7 nitrogen and oxygen atoms in total. The molecule has 0 saturated heterocycles. The SMILES string of the molecule is Cc1oncc1C(=O)Nc1ccc(Cl)c(NS(=O)(=O)c2ccc(F)c(F)c2)c1. The van der Waals surface area contributed by atoms with Crippen LogP contribution in [0.15, 0.2) is 52.0 Å². The summed E-state index contributed by atoms with van der Waals surface area (Å²) in [5.41, 5.74) is 0.378. The van der Waals surface area contributed by atoms with Gasteiger partial charge in [0.25, 0.3) is 15.9 Å². The standard InChI is InChI=1S/C17H12ClF2N3O4S/c1-9-12(8-21-27-9)17(24)22-10-2-4-13(18)16(6-10)23-28(25,26)11-3-5-14(19)15(20)7-11/h2-8,23H,1H3,(H,22,24). The summed E-state index contributed by atoms with van der Waals surface area (Å²) in [5.74, 6) is -2.69. The third-order valence-electron chi connectivity index (χ3n) is 3.67. The van der Waals surface area contributed by atoms with Crippen molar-refractivity contribution in [1.82, 2.24) is 5.16 Å². The van der Waals surface area contributed by atoms with Gasteiger partial charge in [-0.15, -0.1) is 0 Å². The Labute approximate surface area is 163 Å². The number of benzene rings is 2. The van der Waals surface area contributed by atoms with Crippen molar-refractivity contribution in [2.24, 2.45) is 0 Å². The summed E-state index contributed by atoms with van der Waals surface area (Å²) in [4.78, 5) is 11.7. The van der Waals surface area contributed by atoms with Gasteiger partial charge in [0.15, 0.2) is 11.6 Å². The van der Waals surface area contributed by atoms with E-state index in [0.29, 0.717) is 17.9 Å². The van der Waals surface area contributed by atoms with Crippen LogP contribution in [0.1, 0.15) is 16.1 Å². The molecule has 28 heavy (non-hydrogen) atoms. The van der Waals surface area contributed by atoms with E-state index in [1.165, 1.54) is 24.4 Å². The molecule has 146 valence electrons. The zero-order chi connectivity index (χ0) is 20.5. The lowest BCUT2D eigenvalue weighted by Gasteiger charge is -2.12. The fraction of sp³-hybridized carbons (Fsp3) is 0.0588. The average Bonchev–Trinajstić information content (AvgIpc) is 3.06. The van der Waals surface area contributed by atoms with E-state index in [1.807, 2.05) is 0 Å². The number of halogens is 3. The highest BCUT2D eigenvalue weighted by molar-refractivity contribution is 7.92. The minimum absolute atomic E-state index is 0.0327. The molecule has 0 unspecified atom stereocenters. The molecule has 0 aliphatic rings. The number of carbonyl (C=O) groups excluding carboxylic acids is 1. The lowest BCUT2D eigenvalue weighted by Crippen LogP contribution is -2.15. The number of aryl methyl sites for hydroxylation is 1. The molecule has 1 aromatic heterocycles. The highest BCUT2D eigenvalue weighted by Crippen LogP contribution is 2.28. The summed E-state index contributed by atoms with van der Waals surface area (Å²) in [6.07, 6.45) is 1.24. The molecule has 3 rings (SSSR count). The molecular weight excluding hydrogens is 416 g/mol. The van der Waals surface area contributed by atoms with E-state index in [-0.39, 0.29) is 22.0 Å². The second-order valence-corrected chi connectivity index (χ2v) is 7.72. The van der Waals surface area contributed by atoms with Gasteiger partial charge < -0.3 is 9.84 Å². The molecule has 0 aliphatic carbocycles. The van der Waals surface area contributed by atoms with E-state index < -0.39 is 32.5 Å². The van der Waals surface area contributed by atoms with Crippen LogP contribution in [0.5, 0.6) is 0 Å². The van der Waals surface area contributed by atoms with Crippen molar-refractivity contribution in [2.45, 2.75) is 11.8 Å². The van der Waals surface area contributed by atoms with Crippen LogP contribution in [0, 0.1) is 18.6 Å². The Morgan fingerprint density at radius 2 is 1.89 bits per heavy atom. The molecule has 1 amide bonds. The maximum absolute atomic E-state index is 13.3. The molecule has 0 aliphatic heterocycles. The van der Waals surface area contributed by atoms with Gasteiger partial charge in [0.1, 0.15) is 11.3 Å². The van der Waals surface area contributed by atoms with Gasteiger partial charge in [-0.1, -0.05) is 16.8 Å². The lowest BCUT2D eigenvalue weighted by atomic mass is 10.2. The van der Waals surface area contributed by atoms with Crippen LogP contribution >= 0.6 is 11.6 Å². The van der Waals surface area contributed by atoms with Gasteiger partial charge in [-0.2, -0.15) is 0 Å². The molecule has 1 heterocycles. The lowest BCUT2D eigenvalue weighted by molar-refractivity contribution is 0.102. The van der Waals surface area contributed by atoms with E-state index in [2.05, 4.69) is 15.2 Å². The summed E-state index contributed by atoms with van der Waals surface area (Å²) >= 11 is 6.01. The van der Waals surface area contributed by atoms with Crippen molar-refractivity contribution in [3.63, 3.8) is 0 Å². The number of hydrogen-bond acceptors (Lipinski definition) is 5. The zero-order valence-electron chi connectivity index (χ0n) is 14.2. The normalized spacial score (nSPS) is 11.3. The van der Waals surface area contributed by atoms with E-state index in [4.69, 9.17) is 16.1 Å². The molecule has 0 bridgehead atoms. The molecular formula is C17H12ClF2N3O4S. The Hall–Kier alpha value is -2.98. The Morgan fingerprint density at radius 1 is 1.14 bits per heavy atom. The number of hydrogen-bond donors (Lipinski definition) is 2. The van der Waals surface area contributed by atoms with Crippen molar-refractivity contribution in [3.05, 3.63) is 70.6 Å². The summed E-state index contributed by atoms with van der Waals surface area (Å²) < 4.78 is 58.2. The van der Waals surface area contributed by atoms with Crippen molar-refractivity contribution >= 4 is 38.9 Å². The first-order valence-electron chi connectivity index (χ1n) is 7.67. The number of carbonyl (C=O) groups is 1. The summed E-state index contributed by atoms with van der Waals surface area (Å²) in [7, 11) is -4.25. The van der Waals surface area contributed by atoms with Crippen LogP contribution in [-0.2, 0) is 10.0 Å². The predicted molar refractivity (Wildman–Crippen MR) is 97.8 cm³/mol. The van der Waals surface area contributed by atoms with E-state index in [1.54, 1.807) is 6.92 Å². The highest BCUT2D eigenvalue weighted by Gasteiger charge is 2.19. The van der Waals surface area contributed by atoms with Crippen LogP contribution < -0.4 is 10.0 Å². The summed E-state index contributed by atoms with van der Waals surface area (Å²) in [5, 5.41) is 6.09. The number of sulfonamides is 1. The van der Waals surface area contributed by atoms with Gasteiger partial charge in [-0.3, -0.25) is 9.52 Å². The quantitative estimate of drug-likeness (QED) is 0.641. The van der Waals surface area contributed by atoms with Crippen molar-refractivity contribution in [3.8, 4) is 0 Å². The van der Waals surface area contributed by atoms with Gasteiger partial charge in [0.05, 0.1) is 21.8 Å². The number of nitrogens with zero attached hydrogens (tertiary/aromatic N) is 1. The Bertz CT molecular complexity index is 1160. The smallest absolute Gasteiger partial charge is 0.262 e. The first-order valence-corrected chi connectivity index (χ1v) is 9.53. The van der Waals surface area contributed by atoms with E-state index >= 15 is 0 Å². The zero-order valence-corrected chi connectivity index (χ0v) is 15.7. The van der Waals surface area contributed by atoms with Gasteiger partial charge >= 0.3 is 0 Å². The van der Waals surface area contributed by atoms with Crippen LogP contribution in [-0.4, -0.2) is 19.5 Å². The Kier molecular flexibility index (Phi) is 5.34. The van der Waals surface area contributed by atoms with Gasteiger partial charge in [-0.25, -0.2) is 17.2 Å². The summed E-state index contributed by atoms with van der Waals surface area (Å²) in [6, 6.07) is 6.25. The minimum atomic E-state index is -4.25. The molecule has 11 heteroatoms. The number of nitrogens with one attached hydrogen (secondary N) is 2. The molecule has 0 saturated carbocycles. The van der Waals surface area contributed by atoms with E-state index in [9.17, 15) is 22.0 Å². The number of amides is 1. The monoisotopic (exact) mass is 427 g/mol. The molecule has 0 spiro atoms. The molecule has 2 N–H and O–H groups in total. The number of rotatable bonds is 5. The fourth-order valence-electron chi connectivity index (χ4n) is 2.24. The minimum Gasteiger partial charge on any atom is -0.361 e. The first-order chi connectivity index (χ1) is 13.2. The highest BCUT2D eigenvalue weighted by atomic mass is 35.5. The van der Waals surface area contributed by atoms with Crippen molar-refractivity contribution in [2.75, 3.05) is 10.0 Å². The van der Waals surface area contributed by atoms with Crippen LogP contribution in [0.4, 0.5) is 20.2 Å². The van der Waals surface area contributed by atoms with Crippen LogP contribution in [0.25, 0.3) is 0 Å². The third kappa shape index (κ3) is 4.12. The largest absolute Gasteiger partial charge is 0.361 e. The van der Waals surface area contributed by atoms with Crippen molar-refractivity contribution < 1.29 is 26.5 Å². The topological polar surface area (TPSA) is 101 Å². The predicted octanol–water partition coefficient (Wildman–Crippen LogP) is 3.97. The molecule has 0 atom stereocenters. The number of anilines is 2. The maximum atomic E-state index is 13.3. The third-order valence-corrected chi connectivity index (χ3v) is 5.36. The van der Waals surface area contributed by atoms with Crippen molar-refractivity contribution in [1.29, 1.82) is 0 Å². The van der Waals surface area contributed by atoms with Crippen LogP contribution in [0.3, 0.4) is 0 Å². The van der Waals surface area contributed by atoms with Gasteiger partial charge in [0, 0.05) is 5.69 Å². The Balaban J connectivity index is 1.86. The fourth-order valence-corrected chi connectivity index (χ4v) is 3.55. The number of aromatic nitrogens is 1. The van der Waals surface area contributed by atoms with Crippen LogP contribution in [0.2, 0.25) is 5.02 Å². The molecule has 3 aromatic rings. The van der Waals surface area contributed by atoms with E-state index in [0.717, 1.165) is 6.07 Å². The second kappa shape index (κ2) is 7.56. The Morgan fingerprint density at radius 3 is 2.54 bits per heavy atom. The molecule has 0 fully saturated rings. The van der Waals surface area contributed by atoms with Gasteiger partial charge in [0.2, 0.25) is 0 Å². The average molecular weight is 428 g/mol. The molecule has 2 aromatic carbocycles. The second-order valence-electron chi connectivity index (χ2n) is 5.63. The van der Waals surface area contributed by atoms with Gasteiger partial charge in [-0.05, 0) is 43.3 Å². The molecule has 0 radical (unpaired) electrons. The summed E-state index contributed by atoms with van der Waals surface area (Å²) in [6.45, 7) is 1.56. The first kappa shape index (κ1) is 19.8. The maximum Gasteiger partial charge on any atom is 0.262 e.